The average Bonchev–Trinajstić information content (AvgIpc) is 2.38. The minimum atomic E-state index is -0.708. The molecule has 1 aliphatic heterocycles. The highest BCUT2D eigenvalue weighted by Crippen LogP contribution is 2.21. The monoisotopic (exact) mass is 293 g/mol. The van der Waals surface area contributed by atoms with Crippen molar-refractivity contribution in [3.63, 3.8) is 0 Å². The van der Waals surface area contributed by atoms with E-state index in [0.717, 1.165) is 26.2 Å². The van der Waals surface area contributed by atoms with Crippen molar-refractivity contribution in [1.82, 2.24) is 9.88 Å². The van der Waals surface area contributed by atoms with Gasteiger partial charge >= 0.3 is 0 Å². The predicted molar refractivity (Wildman–Crippen MR) is 82.1 cm³/mol. The van der Waals surface area contributed by atoms with Crippen molar-refractivity contribution in [1.29, 1.82) is 0 Å². The van der Waals surface area contributed by atoms with E-state index in [1.54, 1.807) is 19.9 Å². The number of carbonyl (C=O) groups is 1. The fraction of sp³-hybridized carbons (Fsp3) is 0.571. The van der Waals surface area contributed by atoms with Gasteiger partial charge in [-0.2, -0.15) is 0 Å². The van der Waals surface area contributed by atoms with Gasteiger partial charge in [-0.05, 0) is 19.9 Å². The number of rotatable bonds is 4. The number of nitrogens with zero attached hydrogens (tertiary/aromatic N) is 3. The van der Waals surface area contributed by atoms with E-state index in [1.165, 1.54) is 6.20 Å². The van der Waals surface area contributed by atoms with Gasteiger partial charge in [-0.3, -0.25) is 9.69 Å². The van der Waals surface area contributed by atoms with Crippen LogP contribution < -0.4 is 16.4 Å². The number of primary amides is 1. The van der Waals surface area contributed by atoms with Crippen LogP contribution in [0.4, 0.5) is 11.5 Å². The van der Waals surface area contributed by atoms with Gasteiger partial charge in [0, 0.05) is 32.7 Å². The number of aromatic nitrogens is 1. The molecular weight excluding hydrogens is 270 g/mol. The van der Waals surface area contributed by atoms with Crippen LogP contribution in [0.25, 0.3) is 0 Å². The Labute approximate surface area is 124 Å². The van der Waals surface area contributed by atoms with Crippen LogP contribution in [0.15, 0.2) is 12.3 Å². The Morgan fingerprint density at radius 3 is 2.52 bits per heavy atom. The Morgan fingerprint density at radius 2 is 2.00 bits per heavy atom. The summed E-state index contributed by atoms with van der Waals surface area (Å²) in [4.78, 5) is 20.0. The number of hydrogen-bond donors (Lipinski definition) is 3. The fourth-order valence-electron chi connectivity index (χ4n) is 2.57. The molecule has 2 heterocycles. The topological polar surface area (TPSA) is 109 Å². The second-order valence-corrected chi connectivity index (χ2v) is 6.08. The second kappa shape index (κ2) is 5.87. The van der Waals surface area contributed by atoms with Crippen LogP contribution in [0.5, 0.6) is 0 Å². The third kappa shape index (κ3) is 4.05. The lowest BCUT2D eigenvalue weighted by atomic mass is 10.1. The third-order valence-corrected chi connectivity index (χ3v) is 3.44. The maximum absolute atomic E-state index is 11.5. The smallest absolute Gasteiger partial charge is 0.252 e. The molecule has 1 amide bonds. The van der Waals surface area contributed by atoms with Crippen molar-refractivity contribution in [3.8, 4) is 0 Å². The van der Waals surface area contributed by atoms with Crippen molar-refractivity contribution >= 4 is 17.4 Å². The first kappa shape index (κ1) is 15.5. The Kier molecular flexibility index (Phi) is 4.34. The first-order valence-corrected chi connectivity index (χ1v) is 7.01. The molecule has 2 rings (SSSR count). The van der Waals surface area contributed by atoms with Crippen LogP contribution in [-0.4, -0.2) is 59.2 Å². The van der Waals surface area contributed by atoms with Gasteiger partial charge in [-0.25, -0.2) is 4.98 Å². The normalized spacial score (nSPS) is 17.0. The zero-order valence-corrected chi connectivity index (χ0v) is 12.5. The molecule has 0 aliphatic carbocycles. The van der Waals surface area contributed by atoms with E-state index in [9.17, 15) is 9.90 Å². The first-order chi connectivity index (χ1) is 9.76. The highest BCUT2D eigenvalue weighted by Gasteiger charge is 2.25. The van der Waals surface area contributed by atoms with Crippen molar-refractivity contribution in [2.45, 2.75) is 19.4 Å². The summed E-state index contributed by atoms with van der Waals surface area (Å²) in [6.07, 6.45) is 1.53. The van der Waals surface area contributed by atoms with Crippen molar-refractivity contribution in [3.05, 3.63) is 17.8 Å². The van der Waals surface area contributed by atoms with E-state index in [1.807, 2.05) is 4.90 Å². The summed E-state index contributed by atoms with van der Waals surface area (Å²) in [5.74, 6) is 0.0586. The van der Waals surface area contributed by atoms with Crippen molar-refractivity contribution < 1.29 is 9.90 Å². The van der Waals surface area contributed by atoms with E-state index in [2.05, 4.69) is 9.88 Å². The minimum absolute atomic E-state index is 0.353. The van der Waals surface area contributed by atoms with E-state index in [0.29, 0.717) is 23.6 Å². The zero-order valence-electron chi connectivity index (χ0n) is 12.5. The second-order valence-electron chi connectivity index (χ2n) is 6.08. The summed E-state index contributed by atoms with van der Waals surface area (Å²) >= 11 is 0. The van der Waals surface area contributed by atoms with Crippen molar-refractivity contribution in [2.24, 2.45) is 5.73 Å². The maximum Gasteiger partial charge on any atom is 0.252 e. The van der Waals surface area contributed by atoms with Crippen LogP contribution in [0.2, 0.25) is 0 Å². The van der Waals surface area contributed by atoms with E-state index >= 15 is 0 Å². The molecule has 0 radical (unpaired) electrons. The van der Waals surface area contributed by atoms with Gasteiger partial charge in [-0.15, -0.1) is 0 Å². The number of nitrogen functional groups attached to an aromatic ring is 1. The first-order valence-electron chi connectivity index (χ1n) is 7.01. The van der Waals surface area contributed by atoms with Crippen LogP contribution in [-0.2, 0) is 0 Å². The molecule has 0 aromatic carbocycles. The molecule has 7 nitrogen and oxygen atoms in total. The number of pyridine rings is 1. The number of β-amino-alcohol motifs (C(OH)–C–C–N with tert-alkyl or cyclic N) is 1. The lowest BCUT2D eigenvalue weighted by molar-refractivity contribution is 0.0344. The Bertz CT molecular complexity index is 519. The summed E-state index contributed by atoms with van der Waals surface area (Å²) in [7, 11) is 0. The molecular formula is C14H23N5O2. The van der Waals surface area contributed by atoms with Gasteiger partial charge in [0.2, 0.25) is 0 Å². The van der Waals surface area contributed by atoms with Crippen molar-refractivity contribution in [2.75, 3.05) is 43.4 Å². The predicted octanol–water partition coefficient (Wildman–Crippen LogP) is -0.344. The number of hydrogen-bond acceptors (Lipinski definition) is 6. The maximum atomic E-state index is 11.5. The molecule has 5 N–H and O–H groups in total. The lowest BCUT2D eigenvalue weighted by Crippen LogP contribution is -2.51. The molecule has 7 heteroatoms. The van der Waals surface area contributed by atoms with Gasteiger partial charge in [-0.1, -0.05) is 0 Å². The average molecular weight is 293 g/mol. The van der Waals surface area contributed by atoms with Gasteiger partial charge in [0.1, 0.15) is 5.82 Å². The zero-order chi connectivity index (χ0) is 15.6. The SMILES string of the molecule is CC(C)(O)CN1CCN(c2ncc(N)cc2C(N)=O)CC1. The number of carbonyl (C=O) groups excluding carboxylic acids is 1. The third-order valence-electron chi connectivity index (χ3n) is 3.44. The van der Waals surface area contributed by atoms with Gasteiger partial charge in [0.25, 0.3) is 5.91 Å². The molecule has 0 saturated carbocycles. The summed E-state index contributed by atoms with van der Waals surface area (Å²) in [6, 6.07) is 1.56. The standard InChI is InChI=1S/C14H23N5O2/c1-14(2,21)9-18-3-5-19(6-4-18)13-11(12(16)20)7-10(15)8-17-13/h7-8,21H,3-6,9,15H2,1-2H3,(H2,16,20). The summed E-state index contributed by atoms with van der Waals surface area (Å²) < 4.78 is 0. The quantitative estimate of drug-likeness (QED) is 0.700. The molecule has 0 spiro atoms. The summed E-state index contributed by atoms with van der Waals surface area (Å²) in [5.41, 5.74) is 11.1. The number of piperazine rings is 1. The molecule has 0 unspecified atom stereocenters. The molecule has 1 aromatic rings. The molecule has 21 heavy (non-hydrogen) atoms. The van der Waals surface area contributed by atoms with E-state index in [4.69, 9.17) is 11.5 Å². The molecule has 1 saturated heterocycles. The van der Waals surface area contributed by atoms with Crippen LogP contribution in [0.3, 0.4) is 0 Å². The minimum Gasteiger partial charge on any atom is -0.397 e. The number of aliphatic hydroxyl groups is 1. The van der Waals surface area contributed by atoms with Gasteiger partial charge in [0.15, 0.2) is 0 Å². The number of amides is 1. The molecule has 1 fully saturated rings. The van der Waals surface area contributed by atoms with Crippen LogP contribution in [0, 0.1) is 0 Å². The highest BCUT2D eigenvalue weighted by molar-refractivity contribution is 5.98. The molecule has 1 aliphatic rings. The van der Waals surface area contributed by atoms with E-state index in [-0.39, 0.29) is 0 Å². The number of anilines is 2. The Morgan fingerprint density at radius 1 is 1.38 bits per heavy atom. The molecule has 116 valence electrons. The largest absolute Gasteiger partial charge is 0.397 e. The van der Waals surface area contributed by atoms with Gasteiger partial charge < -0.3 is 21.5 Å². The van der Waals surface area contributed by atoms with Crippen LogP contribution >= 0.6 is 0 Å². The van der Waals surface area contributed by atoms with E-state index < -0.39 is 11.5 Å². The van der Waals surface area contributed by atoms with Gasteiger partial charge in [0.05, 0.1) is 23.0 Å². The summed E-state index contributed by atoms with van der Waals surface area (Å²) in [5, 5.41) is 9.86. The molecule has 1 aromatic heterocycles. The molecule has 0 bridgehead atoms. The Hall–Kier alpha value is -1.86. The lowest BCUT2D eigenvalue weighted by Gasteiger charge is -2.38. The number of nitrogens with two attached hydrogens (primary N) is 2. The fourth-order valence-corrected chi connectivity index (χ4v) is 2.57. The Balaban J connectivity index is 2.07. The summed E-state index contributed by atoms with van der Waals surface area (Å²) in [6.45, 7) is 7.28. The highest BCUT2D eigenvalue weighted by atomic mass is 16.3. The van der Waals surface area contributed by atoms with Crippen LogP contribution in [0.1, 0.15) is 24.2 Å². The molecule has 0 atom stereocenters.